The lowest BCUT2D eigenvalue weighted by Gasteiger charge is -2.14. The van der Waals surface area contributed by atoms with E-state index in [0.29, 0.717) is 10.9 Å². The van der Waals surface area contributed by atoms with E-state index < -0.39 is 6.10 Å². The first-order valence-corrected chi connectivity index (χ1v) is 5.96. The van der Waals surface area contributed by atoms with E-state index >= 15 is 0 Å². The number of hydrogen-bond acceptors (Lipinski definition) is 1. The molecule has 0 amide bonds. The summed E-state index contributed by atoms with van der Waals surface area (Å²) in [7, 11) is 0. The number of rotatable bonds is 1. The zero-order chi connectivity index (χ0) is 12.7. The third-order valence-electron chi connectivity index (χ3n) is 3.29. The zero-order valence-electron chi connectivity index (χ0n) is 10.0. The van der Waals surface area contributed by atoms with Crippen LogP contribution in [0.15, 0.2) is 48.5 Å². The fourth-order valence-electron chi connectivity index (χ4n) is 2.55. The quantitative estimate of drug-likeness (QED) is 0.632. The average molecular weight is 240 g/mol. The topological polar surface area (TPSA) is 20.2 Å². The van der Waals surface area contributed by atoms with E-state index in [1.807, 2.05) is 36.4 Å². The Balaban J connectivity index is 2.60. The molecular weight excluding hydrogens is 227 g/mol. The minimum atomic E-state index is -0.699. The number of aliphatic hydroxyl groups is 1. The number of halogens is 1. The molecule has 0 aliphatic heterocycles. The Morgan fingerprint density at radius 2 is 1.72 bits per heavy atom. The van der Waals surface area contributed by atoms with E-state index in [0.717, 1.165) is 16.2 Å². The van der Waals surface area contributed by atoms with Crippen LogP contribution in [0.25, 0.3) is 21.5 Å². The Morgan fingerprint density at radius 3 is 2.50 bits per heavy atom. The van der Waals surface area contributed by atoms with Gasteiger partial charge in [-0.3, -0.25) is 0 Å². The molecule has 1 N–H and O–H groups in total. The molecule has 1 atom stereocenters. The molecule has 18 heavy (non-hydrogen) atoms. The van der Waals surface area contributed by atoms with Gasteiger partial charge in [0, 0.05) is 5.39 Å². The normalized spacial score (nSPS) is 13.1. The first-order chi connectivity index (χ1) is 8.68. The predicted molar refractivity (Wildman–Crippen MR) is 72.0 cm³/mol. The lowest BCUT2D eigenvalue weighted by atomic mass is 9.94. The summed E-state index contributed by atoms with van der Waals surface area (Å²) < 4.78 is 14.0. The zero-order valence-corrected chi connectivity index (χ0v) is 10.0. The molecule has 0 saturated carbocycles. The van der Waals surface area contributed by atoms with Gasteiger partial charge in [-0.1, -0.05) is 36.4 Å². The van der Waals surface area contributed by atoms with Gasteiger partial charge < -0.3 is 5.11 Å². The second-order valence-corrected chi connectivity index (χ2v) is 4.53. The van der Waals surface area contributed by atoms with E-state index in [9.17, 15) is 9.50 Å². The largest absolute Gasteiger partial charge is 0.389 e. The fraction of sp³-hybridized carbons (Fsp3) is 0.125. The van der Waals surface area contributed by atoms with Crippen molar-refractivity contribution in [2.45, 2.75) is 13.0 Å². The molecule has 1 unspecified atom stereocenters. The standard InChI is InChI=1S/C16H13FO/c1-10(18)15-13-7-3-2-5-11(13)9-12-6-4-8-14(17)16(12)15/h2-10,18H,1H3. The molecule has 0 saturated heterocycles. The third-order valence-corrected chi connectivity index (χ3v) is 3.29. The molecule has 0 bridgehead atoms. The van der Waals surface area contributed by atoms with Crippen molar-refractivity contribution < 1.29 is 9.50 Å². The van der Waals surface area contributed by atoms with Crippen LogP contribution in [0.5, 0.6) is 0 Å². The Bertz CT molecular complexity index is 732. The number of benzene rings is 3. The highest BCUT2D eigenvalue weighted by molar-refractivity contribution is 6.02. The van der Waals surface area contributed by atoms with Crippen LogP contribution in [0.1, 0.15) is 18.6 Å². The van der Waals surface area contributed by atoms with Gasteiger partial charge in [0.25, 0.3) is 0 Å². The highest BCUT2D eigenvalue weighted by Gasteiger charge is 2.14. The smallest absolute Gasteiger partial charge is 0.131 e. The molecule has 3 aromatic rings. The molecule has 3 aromatic carbocycles. The van der Waals surface area contributed by atoms with Gasteiger partial charge in [-0.25, -0.2) is 4.39 Å². The van der Waals surface area contributed by atoms with Crippen LogP contribution in [0.3, 0.4) is 0 Å². The van der Waals surface area contributed by atoms with Crippen LogP contribution in [0.2, 0.25) is 0 Å². The second kappa shape index (κ2) is 4.07. The summed E-state index contributed by atoms with van der Waals surface area (Å²) in [6, 6.07) is 14.7. The van der Waals surface area contributed by atoms with Crippen molar-refractivity contribution in [2.24, 2.45) is 0 Å². The van der Waals surface area contributed by atoms with Gasteiger partial charge in [0.05, 0.1) is 6.10 Å². The molecule has 1 nitrogen and oxygen atoms in total. The van der Waals surface area contributed by atoms with Crippen molar-refractivity contribution in [1.82, 2.24) is 0 Å². The van der Waals surface area contributed by atoms with Gasteiger partial charge >= 0.3 is 0 Å². The van der Waals surface area contributed by atoms with E-state index in [-0.39, 0.29) is 5.82 Å². The summed E-state index contributed by atoms with van der Waals surface area (Å²) in [6.07, 6.45) is -0.699. The van der Waals surface area contributed by atoms with E-state index in [2.05, 4.69) is 0 Å². The molecule has 0 fully saturated rings. The lowest BCUT2D eigenvalue weighted by Crippen LogP contribution is -1.96. The Hall–Kier alpha value is -1.93. The monoisotopic (exact) mass is 240 g/mol. The summed E-state index contributed by atoms with van der Waals surface area (Å²) in [6.45, 7) is 1.67. The van der Waals surface area contributed by atoms with Crippen LogP contribution in [0.4, 0.5) is 4.39 Å². The maximum atomic E-state index is 14.0. The molecule has 0 spiro atoms. The Labute approximate surface area is 104 Å². The van der Waals surface area contributed by atoms with Gasteiger partial charge in [-0.15, -0.1) is 0 Å². The van der Waals surface area contributed by atoms with Crippen molar-refractivity contribution in [2.75, 3.05) is 0 Å². The summed E-state index contributed by atoms with van der Waals surface area (Å²) >= 11 is 0. The van der Waals surface area contributed by atoms with E-state index in [1.54, 1.807) is 13.0 Å². The molecular formula is C16H13FO. The van der Waals surface area contributed by atoms with E-state index in [1.165, 1.54) is 6.07 Å². The minimum Gasteiger partial charge on any atom is -0.389 e. The molecule has 0 heterocycles. The molecule has 0 radical (unpaired) electrons. The van der Waals surface area contributed by atoms with E-state index in [4.69, 9.17) is 0 Å². The number of fused-ring (bicyclic) bond motifs is 2. The molecule has 0 aromatic heterocycles. The van der Waals surface area contributed by atoms with Crippen molar-refractivity contribution in [3.8, 4) is 0 Å². The second-order valence-electron chi connectivity index (χ2n) is 4.53. The first kappa shape index (κ1) is 11.2. The lowest BCUT2D eigenvalue weighted by molar-refractivity contribution is 0.202. The van der Waals surface area contributed by atoms with Gasteiger partial charge in [-0.05, 0) is 40.8 Å². The molecule has 3 rings (SSSR count). The van der Waals surface area contributed by atoms with Gasteiger partial charge in [0.2, 0.25) is 0 Å². The Morgan fingerprint density at radius 1 is 1.00 bits per heavy atom. The molecule has 0 aliphatic rings. The van der Waals surface area contributed by atoms with Gasteiger partial charge in [0.1, 0.15) is 5.82 Å². The number of aliphatic hydroxyl groups excluding tert-OH is 1. The van der Waals surface area contributed by atoms with Crippen LogP contribution < -0.4 is 0 Å². The number of hydrogen-bond donors (Lipinski definition) is 1. The van der Waals surface area contributed by atoms with Crippen molar-refractivity contribution in [1.29, 1.82) is 0 Å². The SMILES string of the molecule is CC(O)c1c2ccccc2cc2cccc(F)c12. The summed E-state index contributed by atoms with van der Waals surface area (Å²) in [4.78, 5) is 0. The maximum absolute atomic E-state index is 14.0. The Kier molecular flexibility index (Phi) is 2.53. The minimum absolute atomic E-state index is 0.283. The summed E-state index contributed by atoms with van der Waals surface area (Å²) in [5.41, 5.74) is 0.668. The molecule has 0 aliphatic carbocycles. The molecule has 90 valence electrons. The summed E-state index contributed by atoms with van der Waals surface area (Å²) in [5.74, 6) is -0.283. The predicted octanol–water partition coefficient (Wildman–Crippen LogP) is 4.19. The van der Waals surface area contributed by atoms with Crippen molar-refractivity contribution >= 4 is 21.5 Å². The summed E-state index contributed by atoms with van der Waals surface area (Å²) in [5, 5.41) is 13.2. The average Bonchev–Trinajstić information content (AvgIpc) is 2.36. The maximum Gasteiger partial charge on any atom is 0.131 e. The van der Waals surface area contributed by atoms with Crippen molar-refractivity contribution in [3.05, 3.63) is 59.9 Å². The fourth-order valence-corrected chi connectivity index (χ4v) is 2.55. The third kappa shape index (κ3) is 1.57. The first-order valence-electron chi connectivity index (χ1n) is 5.96. The highest BCUT2D eigenvalue weighted by atomic mass is 19.1. The highest BCUT2D eigenvalue weighted by Crippen LogP contribution is 2.33. The van der Waals surface area contributed by atoms with Crippen LogP contribution in [-0.4, -0.2) is 5.11 Å². The van der Waals surface area contributed by atoms with Crippen molar-refractivity contribution in [3.63, 3.8) is 0 Å². The van der Waals surface area contributed by atoms with Crippen LogP contribution in [-0.2, 0) is 0 Å². The van der Waals surface area contributed by atoms with Gasteiger partial charge in [-0.2, -0.15) is 0 Å². The van der Waals surface area contributed by atoms with Gasteiger partial charge in [0.15, 0.2) is 0 Å². The van der Waals surface area contributed by atoms with Crippen LogP contribution in [0, 0.1) is 5.82 Å². The molecule has 2 heteroatoms. The van der Waals surface area contributed by atoms with Crippen LogP contribution >= 0.6 is 0 Å².